The van der Waals surface area contributed by atoms with E-state index in [0.29, 0.717) is 0 Å². The molecule has 0 spiro atoms. The zero-order chi connectivity index (χ0) is 15.4. The van der Waals surface area contributed by atoms with Crippen LogP contribution in [0, 0.1) is 0 Å². The van der Waals surface area contributed by atoms with Crippen molar-refractivity contribution in [3.63, 3.8) is 0 Å². The van der Waals surface area contributed by atoms with Crippen LogP contribution in [0.4, 0.5) is 0 Å². The topological polar surface area (TPSA) is 46.3 Å². The lowest BCUT2D eigenvalue weighted by atomic mass is 9.86. The van der Waals surface area contributed by atoms with E-state index in [2.05, 4.69) is 43.3 Å². The Hall–Kier alpha value is -1.87. The second-order valence-electron chi connectivity index (χ2n) is 5.78. The molecule has 0 radical (unpaired) electrons. The van der Waals surface area contributed by atoms with E-state index in [9.17, 15) is 4.79 Å². The van der Waals surface area contributed by atoms with Crippen molar-refractivity contribution in [2.75, 3.05) is 20.6 Å². The normalized spacial score (nSPS) is 12.8. The minimum absolute atomic E-state index is 0.215. The Morgan fingerprint density at radius 1 is 1.19 bits per heavy atom. The first-order valence-electron chi connectivity index (χ1n) is 7.49. The molecule has 2 rings (SSSR count). The maximum Gasteiger partial charge on any atom is 0.224 e. The van der Waals surface area contributed by atoms with E-state index in [1.165, 1.54) is 10.9 Å². The Kier molecular flexibility index (Phi) is 4.97. The lowest BCUT2D eigenvalue weighted by molar-refractivity contribution is -0.119. The van der Waals surface area contributed by atoms with Crippen molar-refractivity contribution in [2.45, 2.75) is 25.7 Å². The highest BCUT2D eigenvalue weighted by Gasteiger charge is 2.21. The number of hydrogen-bond acceptors (Lipinski definition) is 2. The summed E-state index contributed by atoms with van der Waals surface area (Å²) in [6, 6.07) is 12.5. The average Bonchev–Trinajstić information content (AvgIpc) is 2.46. The fourth-order valence-corrected chi connectivity index (χ4v) is 2.86. The SMILES string of the molecule is CCC(C(N)=O)c1c(CCN(C)C)ccc2ccccc12. The van der Waals surface area contributed by atoms with Gasteiger partial charge in [-0.05, 0) is 48.8 Å². The molecule has 1 amide bonds. The van der Waals surface area contributed by atoms with E-state index >= 15 is 0 Å². The number of hydrogen-bond donors (Lipinski definition) is 1. The summed E-state index contributed by atoms with van der Waals surface area (Å²) in [7, 11) is 4.12. The number of amides is 1. The monoisotopic (exact) mass is 284 g/mol. The largest absolute Gasteiger partial charge is 0.369 e. The Labute approximate surface area is 126 Å². The van der Waals surface area contributed by atoms with Crippen molar-refractivity contribution < 1.29 is 4.79 Å². The molecule has 1 unspecified atom stereocenters. The Morgan fingerprint density at radius 3 is 2.52 bits per heavy atom. The van der Waals surface area contributed by atoms with Gasteiger partial charge >= 0.3 is 0 Å². The lowest BCUT2D eigenvalue weighted by Crippen LogP contribution is -2.23. The predicted octanol–water partition coefficient (Wildman–Crippen LogP) is 2.92. The van der Waals surface area contributed by atoms with Crippen LogP contribution in [0.3, 0.4) is 0 Å². The summed E-state index contributed by atoms with van der Waals surface area (Å²) in [6.45, 7) is 2.98. The summed E-state index contributed by atoms with van der Waals surface area (Å²) in [6.07, 6.45) is 1.66. The van der Waals surface area contributed by atoms with Gasteiger partial charge in [0.05, 0.1) is 5.92 Å². The van der Waals surface area contributed by atoms with Crippen LogP contribution in [0.1, 0.15) is 30.4 Å². The van der Waals surface area contributed by atoms with E-state index in [4.69, 9.17) is 5.73 Å². The smallest absolute Gasteiger partial charge is 0.224 e. The molecule has 0 bridgehead atoms. The van der Waals surface area contributed by atoms with Crippen LogP contribution in [0.15, 0.2) is 36.4 Å². The third-order valence-corrected chi connectivity index (χ3v) is 3.99. The zero-order valence-electron chi connectivity index (χ0n) is 13.1. The molecule has 2 N–H and O–H groups in total. The molecular weight excluding hydrogens is 260 g/mol. The molecule has 3 heteroatoms. The second-order valence-corrected chi connectivity index (χ2v) is 5.78. The van der Waals surface area contributed by atoms with E-state index < -0.39 is 0 Å². The molecule has 112 valence electrons. The highest BCUT2D eigenvalue weighted by atomic mass is 16.1. The molecule has 0 saturated carbocycles. The number of primary amides is 1. The highest BCUT2D eigenvalue weighted by Crippen LogP contribution is 2.31. The standard InChI is InChI=1S/C18H24N2O/c1-4-15(18(19)21)17-14(11-12-20(2)3)10-9-13-7-5-6-8-16(13)17/h5-10,15H,4,11-12H2,1-3H3,(H2,19,21). The fourth-order valence-electron chi connectivity index (χ4n) is 2.86. The maximum absolute atomic E-state index is 11.9. The van der Waals surface area contributed by atoms with Gasteiger partial charge in [-0.3, -0.25) is 4.79 Å². The van der Waals surface area contributed by atoms with Crippen molar-refractivity contribution >= 4 is 16.7 Å². The molecule has 1 atom stereocenters. The zero-order valence-corrected chi connectivity index (χ0v) is 13.1. The first kappa shape index (κ1) is 15.5. The van der Waals surface area contributed by atoms with Crippen molar-refractivity contribution in [1.29, 1.82) is 0 Å². The molecule has 0 fully saturated rings. The van der Waals surface area contributed by atoms with Gasteiger partial charge in [0.25, 0.3) is 0 Å². The lowest BCUT2D eigenvalue weighted by Gasteiger charge is -2.20. The third kappa shape index (κ3) is 3.42. The van der Waals surface area contributed by atoms with Crippen LogP contribution in [-0.2, 0) is 11.2 Å². The van der Waals surface area contributed by atoms with Gasteiger partial charge in [-0.1, -0.05) is 43.3 Å². The number of rotatable bonds is 6. The second kappa shape index (κ2) is 6.72. The van der Waals surface area contributed by atoms with E-state index in [1.807, 2.05) is 19.1 Å². The fraction of sp³-hybridized carbons (Fsp3) is 0.389. The van der Waals surface area contributed by atoms with Gasteiger partial charge in [0.15, 0.2) is 0 Å². The Balaban J connectivity index is 2.59. The first-order chi connectivity index (χ1) is 10.0. The predicted molar refractivity (Wildman–Crippen MR) is 88.4 cm³/mol. The molecule has 0 aliphatic carbocycles. The molecular formula is C18H24N2O. The number of fused-ring (bicyclic) bond motifs is 1. The average molecular weight is 284 g/mol. The van der Waals surface area contributed by atoms with Gasteiger partial charge in [0, 0.05) is 6.54 Å². The van der Waals surface area contributed by atoms with Gasteiger partial charge in [-0.25, -0.2) is 0 Å². The summed E-state index contributed by atoms with van der Waals surface area (Å²) < 4.78 is 0. The van der Waals surface area contributed by atoms with Crippen LogP contribution < -0.4 is 5.73 Å². The van der Waals surface area contributed by atoms with Crippen LogP contribution in [0.5, 0.6) is 0 Å². The molecule has 21 heavy (non-hydrogen) atoms. The molecule has 0 saturated heterocycles. The molecule has 0 aromatic heterocycles. The van der Waals surface area contributed by atoms with Crippen LogP contribution in [0.25, 0.3) is 10.8 Å². The first-order valence-corrected chi connectivity index (χ1v) is 7.49. The quantitative estimate of drug-likeness (QED) is 0.886. The van der Waals surface area contributed by atoms with Gasteiger partial charge in [-0.15, -0.1) is 0 Å². The molecule has 0 heterocycles. The number of carbonyl (C=O) groups is 1. The number of nitrogens with zero attached hydrogens (tertiary/aromatic N) is 1. The molecule has 0 aliphatic rings. The number of benzene rings is 2. The molecule has 3 nitrogen and oxygen atoms in total. The molecule has 2 aromatic rings. The summed E-state index contributed by atoms with van der Waals surface area (Å²) in [5.41, 5.74) is 7.99. The van der Waals surface area contributed by atoms with Crippen LogP contribution in [0.2, 0.25) is 0 Å². The highest BCUT2D eigenvalue weighted by molar-refractivity contribution is 5.93. The van der Waals surface area contributed by atoms with Gasteiger partial charge in [-0.2, -0.15) is 0 Å². The number of nitrogens with two attached hydrogens (primary N) is 1. The van der Waals surface area contributed by atoms with E-state index in [-0.39, 0.29) is 11.8 Å². The van der Waals surface area contributed by atoms with Gasteiger partial charge in [0.1, 0.15) is 0 Å². The van der Waals surface area contributed by atoms with Crippen molar-refractivity contribution in [3.8, 4) is 0 Å². The third-order valence-electron chi connectivity index (χ3n) is 3.99. The number of carbonyl (C=O) groups excluding carboxylic acids is 1. The Bertz CT molecular complexity index is 634. The van der Waals surface area contributed by atoms with Gasteiger partial charge < -0.3 is 10.6 Å². The number of likely N-dealkylation sites (N-methyl/N-ethyl adjacent to an activating group) is 1. The summed E-state index contributed by atoms with van der Waals surface area (Å²) in [5, 5.41) is 2.32. The Morgan fingerprint density at radius 2 is 1.90 bits per heavy atom. The van der Waals surface area contributed by atoms with Crippen LogP contribution >= 0.6 is 0 Å². The maximum atomic E-state index is 11.9. The van der Waals surface area contributed by atoms with Gasteiger partial charge in [0.2, 0.25) is 5.91 Å². The van der Waals surface area contributed by atoms with Crippen molar-refractivity contribution in [2.24, 2.45) is 5.73 Å². The summed E-state index contributed by atoms with van der Waals surface area (Å²) in [5.74, 6) is -0.451. The van der Waals surface area contributed by atoms with E-state index in [0.717, 1.165) is 30.3 Å². The minimum Gasteiger partial charge on any atom is -0.369 e. The summed E-state index contributed by atoms with van der Waals surface area (Å²) in [4.78, 5) is 14.0. The van der Waals surface area contributed by atoms with Crippen molar-refractivity contribution in [3.05, 3.63) is 47.5 Å². The minimum atomic E-state index is -0.236. The molecule has 2 aromatic carbocycles. The van der Waals surface area contributed by atoms with Crippen molar-refractivity contribution in [1.82, 2.24) is 4.90 Å². The van der Waals surface area contributed by atoms with Crippen LogP contribution in [-0.4, -0.2) is 31.4 Å². The summed E-state index contributed by atoms with van der Waals surface area (Å²) >= 11 is 0. The molecule has 0 aliphatic heterocycles. The van der Waals surface area contributed by atoms with E-state index in [1.54, 1.807) is 0 Å².